The summed E-state index contributed by atoms with van der Waals surface area (Å²) in [5.74, 6) is 0.542. The van der Waals surface area contributed by atoms with E-state index in [9.17, 15) is 4.21 Å². The minimum atomic E-state index is -1.03. The third-order valence-electron chi connectivity index (χ3n) is 2.36. The summed E-state index contributed by atoms with van der Waals surface area (Å²) in [6.07, 6.45) is 0. The van der Waals surface area contributed by atoms with Gasteiger partial charge in [-0.05, 0) is 52.7 Å². The Kier molecular flexibility index (Phi) is 4.01. The van der Waals surface area contributed by atoms with Gasteiger partial charge in [-0.1, -0.05) is 6.07 Å². The van der Waals surface area contributed by atoms with Crippen LogP contribution in [0.2, 0.25) is 0 Å². The Hall–Kier alpha value is -0.650. The first-order valence-electron chi connectivity index (χ1n) is 5.05. The van der Waals surface area contributed by atoms with Gasteiger partial charge < -0.3 is 5.73 Å². The second kappa shape index (κ2) is 5.33. The predicted octanol–water partition coefficient (Wildman–Crippen LogP) is 3.71. The van der Waals surface area contributed by atoms with Crippen molar-refractivity contribution >= 4 is 43.8 Å². The van der Waals surface area contributed by atoms with E-state index in [1.54, 1.807) is 17.4 Å². The molecule has 1 aromatic carbocycles. The van der Waals surface area contributed by atoms with Crippen LogP contribution in [0.5, 0.6) is 0 Å². The number of rotatable bonds is 3. The van der Waals surface area contributed by atoms with E-state index in [0.717, 1.165) is 19.1 Å². The van der Waals surface area contributed by atoms with E-state index in [2.05, 4.69) is 15.9 Å². The first-order chi connectivity index (χ1) is 8.06. The standard InChI is InChI=1S/C12H12BrNOS2/c1-8-2-3-9(14)6-11(8)17(15)7-10-4-5-12(13)16-10/h2-6H,7,14H2,1H3. The van der Waals surface area contributed by atoms with Crippen LogP contribution in [0.3, 0.4) is 0 Å². The molecule has 0 saturated heterocycles. The number of nitrogen functional groups attached to an aromatic ring is 1. The van der Waals surface area contributed by atoms with Crippen molar-refractivity contribution in [3.8, 4) is 0 Å². The summed E-state index contributed by atoms with van der Waals surface area (Å²) < 4.78 is 13.3. The zero-order chi connectivity index (χ0) is 12.4. The van der Waals surface area contributed by atoms with Gasteiger partial charge in [0.2, 0.25) is 0 Å². The van der Waals surface area contributed by atoms with Gasteiger partial charge in [0.25, 0.3) is 0 Å². The maximum absolute atomic E-state index is 12.2. The number of hydrogen-bond donors (Lipinski definition) is 1. The molecule has 0 saturated carbocycles. The molecule has 2 rings (SSSR count). The van der Waals surface area contributed by atoms with E-state index in [0.29, 0.717) is 11.4 Å². The van der Waals surface area contributed by atoms with Gasteiger partial charge in [0, 0.05) is 15.5 Å². The second-order valence-electron chi connectivity index (χ2n) is 3.72. The number of nitrogens with two attached hydrogens (primary N) is 1. The molecular formula is C12H12BrNOS2. The SMILES string of the molecule is Cc1ccc(N)cc1S(=O)Cc1ccc(Br)s1. The zero-order valence-corrected chi connectivity index (χ0v) is 12.5. The van der Waals surface area contributed by atoms with Crippen molar-refractivity contribution in [2.24, 2.45) is 0 Å². The maximum Gasteiger partial charge on any atom is 0.0701 e. The third kappa shape index (κ3) is 3.18. The van der Waals surface area contributed by atoms with Crippen LogP contribution in [0.15, 0.2) is 39.0 Å². The zero-order valence-electron chi connectivity index (χ0n) is 9.27. The van der Waals surface area contributed by atoms with Gasteiger partial charge in [0.15, 0.2) is 0 Å². The van der Waals surface area contributed by atoms with Gasteiger partial charge in [-0.25, -0.2) is 0 Å². The van der Waals surface area contributed by atoms with Gasteiger partial charge in [-0.3, -0.25) is 4.21 Å². The van der Waals surface area contributed by atoms with Crippen LogP contribution in [0.25, 0.3) is 0 Å². The molecule has 0 radical (unpaired) electrons. The van der Waals surface area contributed by atoms with Gasteiger partial charge in [0.1, 0.15) is 0 Å². The molecule has 0 aliphatic carbocycles. The van der Waals surface area contributed by atoms with Crippen molar-refractivity contribution in [2.45, 2.75) is 17.6 Å². The maximum atomic E-state index is 12.2. The van der Waals surface area contributed by atoms with Gasteiger partial charge in [0.05, 0.1) is 20.3 Å². The highest BCUT2D eigenvalue weighted by Crippen LogP contribution is 2.26. The first kappa shape index (κ1) is 12.8. The molecule has 1 unspecified atom stereocenters. The number of thiophene rings is 1. The average Bonchev–Trinajstić information content (AvgIpc) is 2.67. The normalized spacial score (nSPS) is 12.6. The van der Waals surface area contributed by atoms with Crippen LogP contribution < -0.4 is 5.73 Å². The highest BCUT2D eigenvalue weighted by Gasteiger charge is 2.10. The van der Waals surface area contributed by atoms with Crippen molar-refractivity contribution in [2.75, 3.05) is 5.73 Å². The fourth-order valence-corrected chi connectivity index (χ4v) is 4.54. The van der Waals surface area contributed by atoms with Gasteiger partial charge in [-0.2, -0.15) is 0 Å². The van der Waals surface area contributed by atoms with Crippen molar-refractivity contribution in [3.63, 3.8) is 0 Å². The van der Waals surface area contributed by atoms with E-state index >= 15 is 0 Å². The van der Waals surface area contributed by atoms with Gasteiger partial charge in [-0.15, -0.1) is 11.3 Å². The molecule has 2 nitrogen and oxygen atoms in total. The van der Waals surface area contributed by atoms with Crippen LogP contribution in [-0.4, -0.2) is 4.21 Å². The Morgan fingerprint density at radius 2 is 2.12 bits per heavy atom. The molecule has 17 heavy (non-hydrogen) atoms. The number of aryl methyl sites for hydroxylation is 1. The molecule has 0 bridgehead atoms. The quantitative estimate of drug-likeness (QED) is 0.872. The van der Waals surface area contributed by atoms with E-state index in [1.807, 2.05) is 31.2 Å². The van der Waals surface area contributed by atoms with E-state index in [1.165, 1.54) is 0 Å². The second-order valence-corrected chi connectivity index (χ2v) is 7.69. The summed E-state index contributed by atoms with van der Waals surface area (Å²) in [5, 5.41) is 0. The van der Waals surface area contributed by atoms with Gasteiger partial charge >= 0.3 is 0 Å². The largest absolute Gasteiger partial charge is 0.399 e. The Morgan fingerprint density at radius 1 is 1.35 bits per heavy atom. The van der Waals surface area contributed by atoms with Crippen molar-refractivity contribution < 1.29 is 4.21 Å². The van der Waals surface area contributed by atoms with Crippen molar-refractivity contribution in [1.82, 2.24) is 0 Å². The van der Waals surface area contributed by atoms with Crippen LogP contribution in [0.4, 0.5) is 5.69 Å². The highest BCUT2D eigenvalue weighted by molar-refractivity contribution is 9.11. The minimum absolute atomic E-state index is 0.542. The van der Waals surface area contributed by atoms with E-state index in [4.69, 9.17) is 5.73 Å². The number of anilines is 1. The molecular weight excluding hydrogens is 318 g/mol. The monoisotopic (exact) mass is 329 g/mol. The lowest BCUT2D eigenvalue weighted by atomic mass is 10.2. The van der Waals surface area contributed by atoms with Crippen LogP contribution >= 0.6 is 27.3 Å². The molecule has 0 fully saturated rings. The fourth-order valence-electron chi connectivity index (χ4n) is 1.50. The molecule has 2 N–H and O–H groups in total. The summed E-state index contributed by atoms with van der Waals surface area (Å²) in [7, 11) is -1.03. The Morgan fingerprint density at radius 3 is 2.76 bits per heavy atom. The summed E-state index contributed by atoms with van der Waals surface area (Å²) in [6, 6.07) is 9.51. The smallest absolute Gasteiger partial charge is 0.0701 e. The number of benzene rings is 1. The Balaban J connectivity index is 2.22. The molecule has 0 aliphatic heterocycles. The summed E-state index contributed by atoms with van der Waals surface area (Å²) in [5.41, 5.74) is 7.40. The molecule has 1 heterocycles. The van der Waals surface area contributed by atoms with Crippen molar-refractivity contribution in [3.05, 3.63) is 44.6 Å². The average molecular weight is 330 g/mol. The predicted molar refractivity (Wildman–Crippen MR) is 77.7 cm³/mol. The number of halogens is 1. The molecule has 90 valence electrons. The molecule has 2 aromatic rings. The first-order valence-corrected chi connectivity index (χ1v) is 7.98. The van der Waals surface area contributed by atoms with Crippen LogP contribution in [0, 0.1) is 6.92 Å². The van der Waals surface area contributed by atoms with Crippen molar-refractivity contribution in [1.29, 1.82) is 0 Å². The van der Waals surface area contributed by atoms with Crippen LogP contribution in [0.1, 0.15) is 10.4 Å². The van der Waals surface area contributed by atoms with E-state index in [-0.39, 0.29) is 0 Å². The molecule has 1 aromatic heterocycles. The lowest BCUT2D eigenvalue weighted by Crippen LogP contribution is -1.99. The molecule has 0 spiro atoms. The topological polar surface area (TPSA) is 43.1 Å². The van der Waals surface area contributed by atoms with E-state index < -0.39 is 10.8 Å². The molecule has 0 aliphatic rings. The number of hydrogen-bond acceptors (Lipinski definition) is 3. The lowest BCUT2D eigenvalue weighted by molar-refractivity contribution is 0.682. The summed E-state index contributed by atoms with van der Waals surface area (Å²) >= 11 is 5.02. The Bertz CT molecular complexity index is 565. The Labute approximate surface area is 115 Å². The van der Waals surface area contributed by atoms with Crippen LogP contribution in [-0.2, 0) is 16.6 Å². The lowest BCUT2D eigenvalue weighted by Gasteiger charge is -2.06. The molecule has 1 atom stereocenters. The summed E-state index contributed by atoms with van der Waals surface area (Å²) in [4.78, 5) is 1.94. The molecule has 5 heteroatoms. The fraction of sp³-hybridized carbons (Fsp3) is 0.167. The molecule has 0 amide bonds. The third-order valence-corrected chi connectivity index (χ3v) is 5.67. The highest BCUT2D eigenvalue weighted by atomic mass is 79.9. The minimum Gasteiger partial charge on any atom is -0.399 e. The summed E-state index contributed by atoms with van der Waals surface area (Å²) in [6.45, 7) is 1.96.